The zero-order valence-corrected chi connectivity index (χ0v) is 20.7. The molecule has 0 aliphatic carbocycles. The van der Waals surface area contributed by atoms with Crippen LogP contribution in [0, 0.1) is 0 Å². The van der Waals surface area contributed by atoms with Crippen molar-refractivity contribution in [2.45, 2.75) is 26.8 Å². The number of aryl methyl sites for hydroxylation is 1. The first-order valence-corrected chi connectivity index (χ1v) is 11.2. The molecule has 176 valence electrons. The maximum atomic E-state index is 12.2. The summed E-state index contributed by atoms with van der Waals surface area (Å²) in [6, 6.07) is 12.3. The van der Waals surface area contributed by atoms with E-state index < -0.39 is 5.91 Å². The minimum absolute atomic E-state index is 0.105. The van der Waals surface area contributed by atoms with Crippen LogP contribution in [0.5, 0.6) is 0 Å². The summed E-state index contributed by atoms with van der Waals surface area (Å²) in [7, 11) is 3.23. The molecule has 0 atom stereocenters. The van der Waals surface area contributed by atoms with Crippen molar-refractivity contribution in [3.05, 3.63) is 64.1 Å². The van der Waals surface area contributed by atoms with Crippen LogP contribution < -0.4 is 16.0 Å². The Morgan fingerprint density at radius 3 is 2.42 bits per heavy atom. The quantitative estimate of drug-likeness (QED) is 0.444. The second kappa shape index (κ2) is 12.6. The minimum atomic E-state index is -0.477. The molecular formula is C23H28BrN5O4. The SMILES string of the molecule is CCC.CNC(=O)CNC(=O)c1ccc(-c2cccc(CNC(=O)c3cc(Br)n(C)n3)c2)o1. The van der Waals surface area contributed by atoms with Crippen LogP contribution in [0.15, 0.2) is 51.5 Å². The van der Waals surface area contributed by atoms with E-state index in [9.17, 15) is 14.4 Å². The number of likely N-dealkylation sites (N-methyl/N-ethyl adjacent to an activating group) is 1. The number of hydrogen-bond donors (Lipinski definition) is 3. The molecule has 10 heteroatoms. The number of furan rings is 1. The molecule has 0 spiro atoms. The number of nitrogens with zero attached hydrogens (tertiary/aromatic N) is 2. The number of hydrogen-bond acceptors (Lipinski definition) is 5. The monoisotopic (exact) mass is 517 g/mol. The van der Waals surface area contributed by atoms with Gasteiger partial charge < -0.3 is 20.4 Å². The first-order valence-electron chi connectivity index (χ1n) is 10.4. The maximum Gasteiger partial charge on any atom is 0.287 e. The van der Waals surface area contributed by atoms with Gasteiger partial charge in [0.15, 0.2) is 11.5 Å². The molecule has 3 N–H and O–H groups in total. The van der Waals surface area contributed by atoms with E-state index >= 15 is 0 Å². The molecule has 3 amide bonds. The van der Waals surface area contributed by atoms with Gasteiger partial charge in [-0.1, -0.05) is 38.5 Å². The molecule has 0 bridgehead atoms. The molecule has 0 radical (unpaired) electrons. The largest absolute Gasteiger partial charge is 0.451 e. The summed E-state index contributed by atoms with van der Waals surface area (Å²) in [5.74, 6) is -0.456. The average Bonchev–Trinajstić information content (AvgIpc) is 3.43. The zero-order valence-electron chi connectivity index (χ0n) is 19.1. The molecule has 3 rings (SSSR count). The van der Waals surface area contributed by atoms with Crippen LogP contribution >= 0.6 is 15.9 Å². The third-order valence-corrected chi connectivity index (χ3v) is 4.98. The van der Waals surface area contributed by atoms with Gasteiger partial charge in [-0.05, 0) is 39.7 Å². The van der Waals surface area contributed by atoms with Crippen LogP contribution in [0.2, 0.25) is 0 Å². The Morgan fingerprint density at radius 1 is 1.06 bits per heavy atom. The van der Waals surface area contributed by atoms with Crippen LogP contribution in [0.1, 0.15) is 46.9 Å². The van der Waals surface area contributed by atoms with Crippen molar-refractivity contribution in [2.75, 3.05) is 13.6 Å². The number of aromatic nitrogens is 2. The lowest BCUT2D eigenvalue weighted by Gasteiger charge is -2.05. The summed E-state index contributed by atoms with van der Waals surface area (Å²) < 4.78 is 7.89. The van der Waals surface area contributed by atoms with Crippen molar-refractivity contribution in [1.82, 2.24) is 25.7 Å². The highest BCUT2D eigenvalue weighted by Crippen LogP contribution is 2.23. The van der Waals surface area contributed by atoms with E-state index in [-0.39, 0.29) is 24.1 Å². The molecular weight excluding hydrogens is 490 g/mol. The average molecular weight is 518 g/mol. The molecule has 0 aliphatic heterocycles. The number of halogens is 1. The highest BCUT2D eigenvalue weighted by atomic mass is 79.9. The van der Waals surface area contributed by atoms with E-state index in [0.717, 1.165) is 11.1 Å². The van der Waals surface area contributed by atoms with Crippen molar-refractivity contribution < 1.29 is 18.8 Å². The lowest BCUT2D eigenvalue weighted by atomic mass is 10.1. The smallest absolute Gasteiger partial charge is 0.287 e. The first kappa shape index (κ1) is 25.9. The van der Waals surface area contributed by atoms with Gasteiger partial charge in [0.05, 0.1) is 6.54 Å². The van der Waals surface area contributed by atoms with Crippen molar-refractivity contribution in [3.63, 3.8) is 0 Å². The molecule has 0 saturated heterocycles. The Bertz CT molecular complexity index is 1090. The second-order valence-corrected chi connectivity index (χ2v) is 7.90. The Hall–Kier alpha value is -3.40. The molecule has 33 heavy (non-hydrogen) atoms. The van der Waals surface area contributed by atoms with E-state index in [1.54, 1.807) is 29.9 Å². The third-order valence-electron chi connectivity index (χ3n) is 4.24. The summed E-state index contributed by atoms with van der Waals surface area (Å²) in [5, 5.41) is 11.8. The molecule has 2 heterocycles. The topological polar surface area (TPSA) is 118 Å². The van der Waals surface area contributed by atoms with Gasteiger partial charge in [-0.15, -0.1) is 0 Å². The maximum absolute atomic E-state index is 12.2. The van der Waals surface area contributed by atoms with E-state index in [2.05, 4.69) is 50.8 Å². The number of benzene rings is 1. The van der Waals surface area contributed by atoms with Crippen LogP contribution in [0.4, 0.5) is 0 Å². The summed E-state index contributed by atoms with van der Waals surface area (Å²) in [5.41, 5.74) is 1.93. The van der Waals surface area contributed by atoms with Gasteiger partial charge in [-0.3, -0.25) is 19.1 Å². The minimum Gasteiger partial charge on any atom is -0.451 e. The van der Waals surface area contributed by atoms with Crippen molar-refractivity contribution in [2.24, 2.45) is 7.05 Å². The highest BCUT2D eigenvalue weighted by Gasteiger charge is 2.14. The Balaban J connectivity index is 0.00000122. The number of rotatable bonds is 7. The molecule has 9 nitrogen and oxygen atoms in total. The molecule has 1 aromatic carbocycles. The van der Waals surface area contributed by atoms with E-state index in [0.29, 0.717) is 22.6 Å². The fourth-order valence-electron chi connectivity index (χ4n) is 2.61. The number of carbonyl (C=O) groups is 3. The van der Waals surface area contributed by atoms with E-state index in [1.807, 2.05) is 24.3 Å². The van der Waals surface area contributed by atoms with Crippen LogP contribution in [0.25, 0.3) is 11.3 Å². The van der Waals surface area contributed by atoms with E-state index in [4.69, 9.17) is 4.42 Å². The molecule has 0 fully saturated rings. The van der Waals surface area contributed by atoms with Crippen LogP contribution in [-0.2, 0) is 18.4 Å². The van der Waals surface area contributed by atoms with Crippen molar-refractivity contribution >= 4 is 33.7 Å². The van der Waals surface area contributed by atoms with Gasteiger partial charge in [0, 0.05) is 32.3 Å². The molecule has 3 aromatic rings. The van der Waals surface area contributed by atoms with Gasteiger partial charge in [0.25, 0.3) is 11.8 Å². The second-order valence-electron chi connectivity index (χ2n) is 7.09. The fourth-order valence-corrected chi connectivity index (χ4v) is 2.91. The Kier molecular flexibility index (Phi) is 9.86. The highest BCUT2D eigenvalue weighted by molar-refractivity contribution is 9.10. The summed E-state index contributed by atoms with van der Waals surface area (Å²) in [6.07, 6.45) is 1.25. The van der Waals surface area contributed by atoms with Gasteiger partial charge >= 0.3 is 0 Å². The number of carbonyl (C=O) groups excluding carboxylic acids is 3. The lowest BCUT2D eigenvalue weighted by Crippen LogP contribution is -2.34. The van der Waals surface area contributed by atoms with Gasteiger partial charge in [-0.2, -0.15) is 5.10 Å². The van der Waals surface area contributed by atoms with Gasteiger partial charge in [-0.25, -0.2) is 0 Å². The Morgan fingerprint density at radius 2 is 1.79 bits per heavy atom. The first-order chi connectivity index (χ1) is 15.8. The Labute approximate surface area is 201 Å². The number of nitrogens with one attached hydrogen (secondary N) is 3. The van der Waals surface area contributed by atoms with Crippen molar-refractivity contribution in [1.29, 1.82) is 0 Å². The molecule has 0 unspecified atom stereocenters. The predicted molar refractivity (Wildman–Crippen MR) is 129 cm³/mol. The fraction of sp³-hybridized carbons (Fsp3) is 0.304. The zero-order chi connectivity index (χ0) is 24.4. The standard InChI is InChI=1S/C20H20BrN5O4.C3H8/c1-22-18(27)11-24-20(29)16-7-6-15(30-16)13-5-3-4-12(8-13)10-23-19(28)14-9-17(21)26(2)25-14;1-3-2/h3-9H,10-11H2,1-2H3,(H,22,27)(H,23,28)(H,24,29);3H2,1-2H3. The van der Waals surface area contributed by atoms with Gasteiger partial charge in [0.1, 0.15) is 10.4 Å². The summed E-state index contributed by atoms with van der Waals surface area (Å²) in [6.45, 7) is 4.43. The van der Waals surface area contributed by atoms with Crippen LogP contribution in [0.3, 0.4) is 0 Å². The number of amides is 3. The van der Waals surface area contributed by atoms with Crippen LogP contribution in [-0.4, -0.2) is 41.1 Å². The van der Waals surface area contributed by atoms with E-state index in [1.165, 1.54) is 13.5 Å². The van der Waals surface area contributed by atoms with Crippen molar-refractivity contribution in [3.8, 4) is 11.3 Å². The molecule has 0 aliphatic rings. The lowest BCUT2D eigenvalue weighted by molar-refractivity contribution is -0.119. The molecule has 2 aromatic heterocycles. The third kappa shape index (κ3) is 7.60. The summed E-state index contributed by atoms with van der Waals surface area (Å²) in [4.78, 5) is 35.6. The molecule has 0 saturated carbocycles. The predicted octanol–water partition coefficient (Wildman–Crippen LogP) is 3.26. The van der Waals surface area contributed by atoms with Gasteiger partial charge in [0.2, 0.25) is 5.91 Å². The summed E-state index contributed by atoms with van der Waals surface area (Å²) >= 11 is 3.31. The normalized spacial score (nSPS) is 10.1.